The molecule has 114 valence electrons. The lowest BCUT2D eigenvalue weighted by molar-refractivity contribution is -0.147. The van der Waals surface area contributed by atoms with Crippen LogP contribution in [0.1, 0.15) is 36.7 Å². The second-order valence-electron chi connectivity index (χ2n) is 5.31. The summed E-state index contributed by atoms with van der Waals surface area (Å²) in [6.07, 6.45) is 3.01. The van der Waals surface area contributed by atoms with Crippen molar-refractivity contribution in [3.8, 4) is 0 Å². The van der Waals surface area contributed by atoms with E-state index in [0.717, 1.165) is 12.8 Å². The molecule has 21 heavy (non-hydrogen) atoms. The number of furan rings is 1. The molecule has 2 rings (SSSR count). The Morgan fingerprint density at radius 2 is 2.14 bits per heavy atom. The number of carboxylic acid groups (broad SMARTS) is 1. The predicted molar refractivity (Wildman–Crippen MR) is 72.6 cm³/mol. The third kappa shape index (κ3) is 3.62. The molecule has 1 fully saturated rings. The third-order valence-corrected chi connectivity index (χ3v) is 3.62. The Morgan fingerprint density at radius 3 is 2.67 bits per heavy atom. The van der Waals surface area contributed by atoms with Gasteiger partial charge >= 0.3 is 5.97 Å². The Hall–Kier alpha value is -2.31. The highest BCUT2D eigenvalue weighted by atomic mass is 16.4. The molecule has 7 heteroatoms. The summed E-state index contributed by atoms with van der Waals surface area (Å²) in [5.41, 5.74) is -1.22. The van der Waals surface area contributed by atoms with E-state index in [1.165, 1.54) is 19.3 Å². The van der Waals surface area contributed by atoms with Crippen LogP contribution >= 0.6 is 0 Å². The highest BCUT2D eigenvalue weighted by Gasteiger charge is 2.48. The summed E-state index contributed by atoms with van der Waals surface area (Å²) >= 11 is 0. The summed E-state index contributed by atoms with van der Waals surface area (Å²) < 4.78 is 4.91. The van der Waals surface area contributed by atoms with Gasteiger partial charge in [0.05, 0.1) is 6.26 Å². The number of aliphatic carboxylic acids is 1. The van der Waals surface area contributed by atoms with Crippen LogP contribution in [-0.2, 0) is 9.59 Å². The van der Waals surface area contributed by atoms with Gasteiger partial charge in [-0.25, -0.2) is 4.79 Å². The van der Waals surface area contributed by atoms with Gasteiger partial charge in [-0.15, -0.1) is 0 Å². The van der Waals surface area contributed by atoms with Crippen LogP contribution in [0.25, 0.3) is 0 Å². The van der Waals surface area contributed by atoms with E-state index in [9.17, 15) is 19.5 Å². The van der Waals surface area contributed by atoms with E-state index >= 15 is 0 Å². The van der Waals surface area contributed by atoms with Gasteiger partial charge < -0.3 is 20.2 Å². The molecular weight excluding hydrogens is 276 g/mol. The van der Waals surface area contributed by atoms with E-state index in [4.69, 9.17) is 4.42 Å². The third-order valence-electron chi connectivity index (χ3n) is 3.62. The van der Waals surface area contributed by atoms with Crippen molar-refractivity contribution >= 4 is 17.8 Å². The first-order valence-corrected chi connectivity index (χ1v) is 6.79. The molecule has 0 saturated heterocycles. The number of rotatable bonds is 7. The Balaban J connectivity index is 1.77. The summed E-state index contributed by atoms with van der Waals surface area (Å²) in [6.45, 7) is 1.64. The Morgan fingerprint density at radius 1 is 1.43 bits per heavy atom. The lowest BCUT2D eigenvalue weighted by Gasteiger charge is -2.26. The topological polar surface area (TPSA) is 109 Å². The molecule has 1 aliphatic rings. The minimum Gasteiger partial charge on any atom is -0.480 e. The number of carbonyl (C=O) groups is 3. The first kappa shape index (κ1) is 15.1. The van der Waals surface area contributed by atoms with Crippen molar-refractivity contribution < 1.29 is 23.9 Å². The zero-order chi connectivity index (χ0) is 15.5. The van der Waals surface area contributed by atoms with Crippen LogP contribution < -0.4 is 10.6 Å². The largest absolute Gasteiger partial charge is 0.480 e. The predicted octanol–water partition coefficient (Wildman–Crippen LogP) is 0.769. The summed E-state index contributed by atoms with van der Waals surface area (Å²) in [5.74, 6) is -1.68. The summed E-state index contributed by atoms with van der Waals surface area (Å²) in [4.78, 5) is 34.7. The molecule has 1 saturated carbocycles. The fourth-order valence-corrected chi connectivity index (χ4v) is 2.13. The quantitative estimate of drug-likeness (QED) is 0.688. The normalized spacial score (nSPS) is 16.8. The number of hydrogen-bond donors (Lipinski definition) is 3. The van der Waals surface area contributed by atoms with Crippen molar-refractivity contribution in [2.24, 2.45) is 5.92 Å². The van der Waals surface area contributed by atoms with Crippen molar-refractivity contribution in [3.05, 3.63) is 24.2 Å². The zero-order valence-electron chi connectivity index (χ0n) is 11.7. The maximum atomic E-state index is 11.8. The van der Waals surface area contributed by atoms with Crippen molar-refractivity contribution in [3.63, 3.8) is 0 Å². The highest BCUT2D eigenvalue weighted by Crippen LogP contribution is 2.39. The molecule has 7 nitrogen and oxygen atoms in total. The summed E-state index contributed by atoms with van der Waals surface area (Å²) in [7, 11) is 0. The maximum absolute atomic E-state index is 11.8. The van der Waals surface area contributed by atoms with Gasteiger partial charge in [0.25, 0.3) is 5.91 Å². The van der Waals surface area contributed by atoms with E-state index in [2.05, 4.69) is 10.6 Å². The molecule has 0 spiro atoms. The number of carboxylic acids is 1. The number of nitrogens with one attached hydrogen (secondary N) is 2. The van der Waals surface area contributed by atoms with Crippen molar-refractivity contribution in [2.75, 3.05) is 6.54 Å². The van der Waals surface area contributed by atoms with Gasteiger partial charge in [0.2, 0.25) is 5.91 Å². The maximum Gasteiger partial charge on any atom is 0.329 e. The van der Waals surface area contributed by atoms with Crippen molar-refractivity contribution in [1.29, 1.82) is 0 Å². The molecule has 2 amide bonds. The van der Waals surface area contributed by atoms with Crippen LogP contribution in [0, 0.1) is 5.92 Å². The molecule has 1 aliphatic carbocycles. The molecule has 1 aromatic heterocycles. The van der Waals surface area contributed by atoms with Crippen LogP contribution in [0.3, 0.4) is 0 Å². The van der Waals surface area contributed by atoms with Gasteiger partial charge in [0.15, 0.2) is 5.76 Å². The smallest absolute Gasteiger partial charge is 0.329 e. The Labute approximate surface area is 121 Å². The van der Waals surface area contributed by atoms with E-state index in [0.29, 0.717) is 0 Å². The molecule has 0 aliphatic heterocycles. The van der Waals surface area contributed by atoms with Crippen LogP contribution in [-0.4, -0.2) is 35.0 Å². The lowest BCUT2D eigenvalue weighted by atomic mass is 9.96. The number of carbonyl (C=O) groups excluding carboxylic acids is 2. The molecule has 0 radical (unpaired) electrons. The fourth-order valence-electron chi connectivity index (χ4n) is 2.13. The molecule has 1 atom stereocenters. The second-order valence-corrected chi connectivity index (χ2v) is 5.31. The van der Waals surface area contributed by atoms with Crippen LogP contribution in [0.2, 0.25) is 0 Å². The summed E-state index contributed by atoms with van der Waals surface area (Å²) in [5, 5.41) is 14.3. The Kier molecular flexibility index (Phi) is 4.30. The monoisotopic (exact) mass is 294 g/mol. The van der Waals surface area contributed by atoms with E-state index in [1.54, 1.807) is 6.07 Å². The Bertz CT molecular complexity index is 536. The number of amides is 2. The van der Waals surface area contributed by atoms with Crippen LogP contribution in [0.5, 0.6) is 0 Å². The SMILES string of the molecule is CC(NC(=O)CCNC(=O)c1ccco1)(C(=O)O)C1CC1. The molecular formula is C14H18N2O5. The minimum atomic E-state index is -1.22. The highest BCUT2D eigenvalue weighted by molar-refractivity contribution is 5.92. The first-order valence-electron chi connectivity index (χ1n) is 6.79. The average molecular weight is 294 g/mol. The van der Waals surface area contributed by atoms with Gasteiger partial charge in [-0.1, -0.05) is 0 Å². The molecule has 1 aromatic rings. The standard InChI is InChI=1S/C14H18N2O5/c1-14(13(19)20,9-4-5-9)16-11(17)6-7-15-12(18)10-3-2-8-21-10/h2-3,8-9H,4-7H2,1H3,(H,15,18)(H,16,17)(H,19,20). The van der Waals surface area contributed by atoms with Gasteiger partial charge in [-0.3, -0.25) is 9.59 Å². The minimum absolute atomic E-state index is 0.0159. The van der Waals surface area contributed by atoms with Gasteiger partial charge in [-0.05, 0) is 37.8 Å². The number of hydrogen-bond acceptors (Lipinski definition) is 4. The van der Waals surface area contributed by atoms with Gasteiger partial charge in [-0.2, -0.15) is 0 Å². The molecule has 0 aromatic carbocycles. The molecule has 1 heterocycles. The van der Waals surface area contributed by atoms with E-state index < -0.39 is 23.3 Å². The van der Waals surface area contributed by atoms with Gasteiger partial charge in [0, 0.05) is 13.0 Å². The van der Waals surface area contributed by atoms with Crippen molar-refractivity contribution in [1.82, 2.24) is 10.6 Å². The molecule has 1 unspecified atom stereocenters. The van der Waals surface area contributed by atoms with E-state index in [-0.39, 0.29) is 24.6 Å². The van der Waals surface area contributed by atoms with Crippen LogP contribution in [0.15, 0.2) is 22.8 Å². The zero-order valence-corrected chi connectivity index (χ0v) is 11.7. The van der Waals surface area contributed by atoms with E-state index in [1.807, 2.05) is 0 Å². The fraction of sp³-hybridized carbons (Fsp3) is 0.500. The van der Waals surface area contributed by atoms with Gasteiger partial charge in [0.1, 0.15) is 5.54 Å². The molecule has 0 bridgehead atoms. The molecule has 3 N–H and O–H groups in total. The second kappa shape index (κ2) is 5.99. The first-order chi connectivity index (χ1) is 9.93. The van der Waals surface area contributed by atoms with Crippen LogP contribution in [0.4, 0.5) is 0 Å². The van der Waals surface area contributed by atoms with Crippen molar-refractivity contribution in [2.45, 2.75) is 31.7 Å². The summed E-state index contributed by atoms with van der Waals surface area (Å²) in [6, 6.07) is 3.11. The lowest BCUT2D eigenvalue weighted by Crippen LogP contribution is -2.54. The average Bonchev–Trinajstić information content (AvgIpc) is 3.14.